The minimum atomic E-state index is -0.144. The Balaban J connectivity index is 2.47. The van der Waals surface area contributed by atoms with E-state index >= 15 is 0 Å². The van der Waals surface area contributed by atoms with Gasteiger partial charge in [0.2, 0.25) is 5.91 Å². The van der Waals surface area contributed by atoms with Crippen LogP contribution in [-0.4, -0.2) is 21.7 Å². The van der Waals surface area contributed by atoms with Gasteiger partial charge in [-0.2, -0.15) is 0 Å². The lowest BCUT2D eigenvalue weighted by molar-refractivity contribution is -0.125. The third-order valence-corrected chi connectivity index (χ3v) is 3.11. The van der Waals surface area contributed by atoms with Gasteiger partial charge >= 0.3 is 0 Å². The first kappa shape index (κ1) is 9.58. The van der Waals surface area contributed by atoms with Gasteiger partial charge in [0, 0.05) is 6.20 Å². The van der Waals surface area contributed by atoms with Crippen molar-refractivity contribution in [2.45, 2.75) is 31.0 Å². The number of fused-ring (bicyclic) bond motifs is 1. The van der Waals surface area contributed by atoms with Crippen LogP contribution >= 0.6 is 11.8 Å². The Morgan fingerprint density at radius 2 is 2.29 bits per heavy atom. The molecular formula is C9H13N3OS. The molecule has 14 heavy (non-hydrogen) atoms. The topological polar surface area (TPSA) is 46.9 Å². The van der Waals surface area contributed by atoms with Crippen molar-refractivity contribution in [1.29, 1.82) is 0 Å². The molecule has 0 spiro atoms. The van der Waals surface area contributed by atoms with E-state index in [4.69, 9.17) is 0 Å². The van der Waals surface area contributed by atoms with E-state index in [-0.39, 0.29) is 18.0 Å². The van der Waals surface area contributed by atoms with Crippen molar-refractivity contribution < 1.29 is 4.79 Å². The molecule has 5 heteroatoms. The molecule has 1 aliphatic rings. The molecule has 1 aromatic rings. The summed E-state index contributed by atoms with van der Waals surface area (Å²) in [4.78, 5) is 15.9. The van der Waals surface area contributed by atoms with Crippen LogP contribution in [0.25, 0.3) is 0 Å². The van der Waals surface area contributed by atoms with Crippen molar-refractivity contribution in [3.63, 3.8) is 0 Å². The van der Waals surface area contributed by atoms with E-state index < -0.39 is 0 Å². The first-order chi connectivity index (χ1) is 6.63. The van der Waals surface area contributed by atoms with Crippen LogP contribution in [0.4, 0.5) is 0 Å². The molecular weight excluding hydrogens is 198 g/mol. The number of rotatable bonds is 1. The van der Waals surface area contributed by atoms with E-state index in [1.54, 1.807) is 11.8 Å². The third-order valence-electron chi connectivity index (χ3n) is 2.49. The van der Waals surface area contributed by atoms with Crippen LogP contribution in [0.5, 0.6) is 0 Å². The maximum atomic E-state index is 11.5. The van der Waals surface area contributed by atoms with Gasteiger partial charge in [-0.25, -0.2) is 4.98 Å². The molecule has 1 amide bonds. The van der Waals surface area contributed by atoms with E-state index in [1.165, 1.54) is 0 Å². The Hall–Kier alpha value is -0.970. The normalized spacial score (nSPS) is 25.8. The van der Waals surface area contributed by atoms with Gasteiger partial charge in [-0.05, 0) is 20.1 Å². The first-order valence-corrected chi connectivity index (χ1v) is 5.79. The number of hydrogen-bond donors (Lipinski definition) is 1. The highest BCUT2D eigenvalue weighted by Gasteiger charge is 2.29. The molecule has 1 aromatic heterocycles. The highest BCUT2D eigenvalue weighted by Crippen LogP contribution is 2.26. The standard InChI is InChI=1S/C9H13N3OS/c1-5-8-11-7(14-3)4-12(8)6(2)9(13)10-5/h4-6H,1-3H3,(H,10,13)/t5-,6-/m0/s1. The van der Waals surface area contributed by atoms with Crippen LogP contribution in [0.2, 0.25) is 0 Å². The van der Waals surface area contributed by atoms with Crippen LogP contribution < -0.4 is 5.32 Å². The van der Waals surface area contributed by atoms with Crippen molar-refractivity contribution in [1.82, 2.24) is 14.9 Å². The van der Waals surface area contributed by atoms with Gasteiger partial charge in [0.05, 0.1) is 6.04 Å². The van der Waals surface area contributed by atoms with Crippen LogP contribution in [0.1, 0.15) is 31.8 Å². The molecule has 76 valence electrons. The molecule has 0 saturated carbocycles. The summed E-state index contributed by atoms with van der Waals surface area (Å²) >= 11 is 1.60. The predicted octanol–water partition coefficient (Wildman–Crippen LogP) is 1.36. The summed E-state index contributed by atoms with van der Waals surface area (Å²) in [7, 11) is 0. The fourth-order valence-electron chi connectivity index (χ4n) is 1.64. The summed E-state index contributed by atoms with van der Waals surface area (Å²) in [5.74, 6) is 1.01. The Morgan fingerprint density at radius 1 is 1.57 bits per heavy atom. The number of carbonyl (C=O) groups is 1. The van der Waals surface area contributed by atoms with Crippen molar-refractivity contribution in [2.24, 2.45) is 0 Å². The van der Waals surface area contributed by atoms with Gasteiger partial charge < -0.3 is 9.88 Å². The second-order valence-corrected chi connectivity index (χ2v) is 4.28. The molecule has 1 N–H and O–H groups in total. The zero-order valence-corrected chi connectivity index (χ0v) is 9.26. The van der Waals surface area contributed by atoms with Crippen molar-refractivity contribution >= 4 is 17.7 Å². The van der Waals surface area contributed by atoms with Gasteiger partial charge in [0.1, 0.15) is 16.9 Å². The van der Waals surface area contributed by atoms with Gasteiger partial charge in [-0.1, -0.05) is 0 Å². The van der Waals surface area contributed by atoms with Gasteiger partial charge in [0.25, 0.3) is 0 Å². The summed E-state index contributed by atoms with van der Waals surface area (Å²) in [5.41, 5.74) is 0. The first-order valence-electron chi connectivity index (χ1n) is 4.56. The molecule has 0 bridgehead atoms. The van der Waals surface area contributed by atoms with Gasteiger partial charge in [-0.15, -0.1) is 11.8 Å². The van der Waals surface area contributed by atoms with Crippen LogP contribution in [0.3, 0.4) is 0 Å². The van der Waals surface area contributed by atoms with Crippen LogP contribution in [0.15, 0.2) is 11.2 Å². The van der Waals surface area contributed by atoms with Crippen LogP contribution in [0, 0.1) is 0 Å². The molecule has 1 aliphatic heterocycles. The molecule has 0 unspecified atom stereocenters. The summed E-state index contributed by atoms with van der Waals surface area (Å²) < 4.78 is 1.95. The quantitative estimate of drug-likeness (QED) is 0.713. The zero-order valence-electron chi connectivity index (χ0n) is 8.44. The van der Waals surface area contributed by atoms with Gasteiger partial charge in [-0.3, -0.25) is 4.79 Å². The molecule has 2 atom stereocenters. The fraction of sp³-hybridized carbons (Fsp3) is 0.556. The zero-order chi connectivity index (χ0) is 10.3. The number of nitrogens with one attached hydrogen (secondary N) is 1. The molecule has 0 radical (unpaired) electrons. The van der Waals surface area contributed by atoms with E-state index in [0.29, 0.717) is 0 Å². The minimum Gasteiger partial charge on any atom is -0.345 e. The number of hydrogen-bond acceptors (Lipinski definition) is 3. The second kappa shape index (κ2) is 3.31. The molecule has 0 aliphatic carbocycles. The fourth-order valence-corrected chi connectivity index (χ4v) is 2.04. The van der Waals surface area contributed by atoms with Crippen molar-refractivity contribution in [3.05, 3.63) is 12.0 Å². The Labute approximate surface area is 87.1 Å². The Kier molecular flexibility index (Phi) is 2.26. The number of aromatic nitrogens is 2. The summed E-state index contributed by atoms with van der Waals surface area (Å²) in [5, 5.41) is 3.86. The average molecular weight is 211 g/mol. The lowest BCUT2D eigenvalue weighted by Gasteiger charge is -2.26. The van der Waals surface area contributed by atoms with E-state index in [9.17, 15) is 4.79 Å². The number of nitrogens with zero attached hydrogens (tertiary/aromatic N) is 2. The Bertz CT molecular complexity index is 374. The molecule has 4 nitrogen and oxygen atoms in total. The average Bonchev–Trinajstić information content (AvgIpc) is 2.58. The number of imidazole rings is 1. The van der Waals surface area contributed by atoms with Crippen molar-refractivity contribution in [3.8, 4) is 0 Å². The summed E-state index contributed by atoms with van der Waals surface area (Å²) in [6.45, 7) is 3.84. The van der Waals surface area contributed by atoms with E-state index in [2.05, 4.69) is 10.3 Å². The van der Waals surface area contributed by atoms with Gasteiger partial charge in [0.15, 0.2) is 0 Å². The second-order valence-electron chi connectivity index (χ2n) is 3.45. The Morgan fingerprint density at radius 3 is 2.93 bits per heavy atom. The minimum absolute atomic E-state index is 0.0135. The third kappa shape index (κ3) is 1.32. The molecule has 0 saturated heterocycles. The maximum Gasteiger partial charge on any atom is 0.243 e. The molecule has 2 heterocycles. The van der Waals surface area contributed by atoms with E-state index in [0.717, 1.165) is 10.9 Å². The number of carbonyl (C=O) groups excluding carboxylic acids is 1. The predicted molar refractivity (Wildman–Crippen MR) is 55.3 cm³/mol. The highest BCUT2D eigenvalue weighted by molar-refractivity contribution is 7.98. The monoisotopic (exact) mass is 211 g/mol. The lowest BCUT2D eigenvalue weighted by atomic mass is 10.2. The number of thioether (sulfide) groups is 1. The molecule has 2 rings (SSSR count). The maximum absolute atomic E-state index is 11.5. The SMILES string of the molecule is CSc1cn2c(n1)[C@H](C)NC(=O)[C@@H]2C. The molecule has 0 fully saturated rings. The summed E-state index contributed by atoms with van der Waals surface area (Å²) in [6.07, 6.45) is 3.93. The van der Waals surface area contributed by atoms with Crippen molar-refractivity contribution in [2.75, 3.05) is 6.26 Å². The lowest BCUT2D eigenvalue weighted by Crippen LogP contribution is -2.39. The largest absolute Gasteiger partial charge is 0.345 e. The molecule has 0 aromatic carbocycles. The number of amides is 1. The highest BCUT2D eigenvalue weighted by atomic mass is 32.2. The smallest absolute Gasteiger partial charge is 0.243 e. The summed E-state index contributed by atoms with van der Waals surface area (Å²) in [6, 6.07) is -0.130. The van der Waals surface area contributed by atoms with E-state index in [1.807, 2.05) is 30.9 Å². The van der Waals surface area contributed by atoms with Crippen LogP contribution in [-0.2, 0) is 4.79 Å².